The number of piperazine rings is 1. The normalized spacial score (nSPS) is 20.1. The van der Waals surface area contributed by atoms with Crippen molar-refractivity contribution < 1.29 is 4.79 Å². The fourth-order valence-electron chi connectivity index (χ4n) is 5.57. The van der Waals surface area contributed by atoms with Gasteiger partial charge in [-0.05, 0) is 54.9 Å². The molecule has 0 bridgehead atoms. The number of pyridine rings is 1. The van der Waals surface area contributed by atoms with Crippen LogP contribution in [0.3, 0.4) is 0 Å². The van der Waals surface area contributed by atoms with Crippen molar-refractivity contribution in [1.29, 1.82) is 0 Å². The Kier molecular flexibility index (Phi) is 5.12. The van der Waals surface area contributed by atoms with Crippen LogP contribution in [0.4, 0.5) is 5.69 Å². The number of hydrogen-bond donors (Lipinski definition) is 1. The first-order valence-corrected chi connectivity index (χ1v) is 12.4. The van der Waals surface area contributed by atoms with Gasteiger partial charge in [-0.3, -0.25) is 4.79 Å². The van der Waals surface area contributed by atoms with Crippen LogP contribution in [0, 0.1) is 5.92 Å². The summed E-state index contributed by atoms with van der Waals surface area (Å²) in [7, 11) is 0. The maximum absolute atomic E-state index is 12.4. The summed E-state index contributed by atoms with van der Waals surface area (Å²) in [6.45, 7) is 3.40. The summed E-state index contributed by atoms with van der Waals surface area (Å²) in [4.78, 5) is 25.0. The highest BCUT2D eigenvalue weighted by Crippen LogP contribution is 2.35. The van der Waals surface area contributed by atoms with Crippen LogP contribution < -0.4 is 4.90 Å². The van der Waals surface area contributed by atoms with Crippen molar-refractivity contribution in [2.75, 3.05) is 31.1 Å². The van der Waals surface area contributed by atoms with Crippen molar-refractivity contribution in [3.8, 4) is 11.3 Å². The van der Waals surface area contributed by atoms with Gasteiger partial charge in [0.05, 0.1) is 0 Å². The lowest BCUT2D eigenvalue weighted by molar-refractivity contribution is -0.132. The summed E-state index contributed by atoms with van der Waals surface area (Å²) in [5.74, 6) is 1.41. The minimum Gasteiger partial charge on any atom is -0.367 e. The Labute approximate surface area is 189 Å². The number of aromatic amines is 1. The Bertz CT molecular complexity index is 1100. The fourth-order valence-corrected chi connectivity index (χ4v) is 5.57. The molecular weight excluding hydrogens is 396 g/mol. The van der Waals surface area contributed by atoms with Gasteiger partial charge in [0.25, 0.3) is 0 Å². The molecule has 3 fully saturated rings. The van der Waals surface area contributed by atoms with Gasteiger partial charge < -0.3 is 14.8 Å². The summed E-state index contributed by atoms with van der Waals surface area (Å²) < 4.78 is 0. The average Bonchev–Trinajstić information content (AvgIpc) is 3.62. The van der Waals surface area contributed by atoms with Crippen LogP contribution in [-0.2, 0) is 4.79 Å². The van der Waals surface area contributed by atoms with Crippen molar-refractivity contribution in [2.45, 2.75) is 50.9 Å². The number of benzene rings is 1. The van der Waals surface area contributed by atoms with Crippen LogP contribution in [0.15, 0.2) is 42.6 Å². The lowest BCUT2D eigenvalue weighted by Crippen LogP contribution is -2.49. The topological polar surface area (TPSA) is 52.2 Å². The Balaban J connectivity index is 1.21. The number of carbonyl (C=O) groups is 1. The molecule has 2 aromatic heterocycles. The molecule has 1 aliphatic heterocycles. The second-order valence-corrected chi connectivity index (χ2v) is 9.82. The van der Waals surface area contributed by atoms with Gasteiger partial charge in [0.15, 0.2) is 0 Å². The molecule has 5 nitrogen and oxygen atoms in total. The van der Waals surface area contributed by atoms with E-state index in [1.165, 1.54) is 54.3 Å². The summed E-state index contributed by atoms with van der Waals surface area (Å²) in [6.07, 6.45) is 10.8. The van der Waals surface area contributed by atoms with Crippen LogP contribution in [0.5, 0.6) is 0 Å². The number of amides is 1. The number of nitrogens with zero attached hydrogens (tertiary/aromatic N) is 3. The smallest absolute Gasteiger partial charge is 0.225 e. The zero-order valence-electron chi connectivity index (χ0n) is 18.7. The van der Waals surface area contributed by atoms with Crippen molar-refractivity contribution in [1.82, 2.24) is 14.9 Å². The van der Waals surface area contributed by atoms with Gasteiger partial charge in [-0.2, -0.15) is 0 Å². The summed E-state index contributed by atoms with van der Waals surface area (Å²) in [6, 6.07) is 13.5. The molecule has 6 rings (SSSR count). The molecule has 0 spiro atoms. The van der Waals surface area contributed by atoms with Crippen LogP contribution in [0.25, 0.3) is 22.3 Å². The fraction of sp³-hybridized carbons (Fsp3) is 0.481. The van der Waals surface area contributed by atoms with Crippen molar-refractivity contribution in [3.63, 3.8) is 0 Å². The Morgan fingerprint density at radius 3 is 2.38 bits per heavy atom. The lowest BCUT2D eigenvalue weighted by Gasteiger charge is -2.36. The zero-order valence-corrected chi connectivity index (χ0v) is 18.7. The van der Waals surface area contributed by atoms with Gasteiger partial charge in [0.1, 0.15) is 5.65 Å². The molecule has 0 atom stereocenters. The quantitative estimate of drug-likeness (QED) is 0.611. The van der Waals surface area contributed by atoms with Gasteiger partial charge in [0, 0.05) is 55.1 Å². The van der Waals surface area contributed by atoms with E-state index < -0.39 is 0 Å². The molecule has 0 unspecified atom stereocenters. The lowest BCUT2D eigenvalue weighted by atomic mass is 9.84. The van der Waals surface area contributed by atoms with Crippen LogP contribution in [0.1, 0.15) is 56.4 Å². The Morgan fingerprint density at radius 2 is 1.66 bits per heavy atom. The molecule has 1 N–H and O–H groups in total. The largest absolute Gasteiger partial charge is 0.367 e. The summed E-state index contributed by atoms with van der Waals surface area (Å²) in [5.41, 5.74) is 5.98. The van der Waals surface area contributed by atoms with Gasteiger partial charge in [-0.25, -0.2) is 4.98 Å². The highest BCUT2D eigenvalue weighted by atomic mass is 16.2. The van der Waals surface area contributed by atoms with Gasteiger partial charge in [-0.1, -0.05) is 43.5 Å². The number of fused-ring (bicyclic) bond motifs is 1. The number of anilines is 1. The van der Waals surface area contributed by atoms with Gasteiger partial charge in [0.2, 0.25) is 5.91 Å². The third kappa shape index (κ3) is 3.78. The number of rotatable bonds is 4. The molecule has 32 heavy (non-hydrogen) atoms. The van der Waals surface area contributed by atoms with E-state index in [-0.39, 0.29) is 0 Å². The maximum atomic E-state index is 12.4. The number of nitrogens with one attached hydrogen (secondary N) is 1. The van der Waals surface area contributed by atoms with E-state index in [4.69, 9.17) is 0 Å². The van der Waals surface area contributed by atoms with Gasteiger partial charge in [-0.15, -0.1) is 0 Å². The predicted octanol–water partition coefficient (Wildman–Crippen LogP) is 5.34. The predicted molar refractivity (Wildman–Crippen MR) is 129 cm³/mol. The van der Waals surface area contributed by atoms with Crippen LogP contribution in [-0.4, -0.2) is 47.0 Å². The second-order valence-electron chi connectivity index (χ2n) is 9.82. The molecule has 2 aliphatic carbocycles. The van der Waals surface area contributed by atoms with E-state index >= 15 is 0 Å². The Morgan fingerprint density at radius 1 is 0.906 bits per heavy atom. The molecule has 166 valence electrons. The van der Waals surface area contributed by atoms with Crippen LogP contribution >= 0.6 is 0 Å². The SMILES string of the molecule is O=C(C1CC1)N1CCN(c2ccnc3[nH]c(-c4ccc(C5CCCCC5)cc4)cc23)CC1. The number of carbonyl (C=O) groups excluding carboxylic acids is 1. The minimum absolute atomic E-state index is 0.311. The Hall–Kier alpha value is -2.82. The monoisotopic (exact) mass is 428 g/mol. The van der Waals surface area contributed by atoms with Crippen molar-refractivity contribution >= 4 is 22.6 Å². The van der Waals surface area contributed by atoms with E-state index in [9.17, 15) is 4.79 Å². The first kappa shape index (κ1) is 19.8. The second kappa shape index (κ2) is 8.27. The first-order valence-electron chi connectivity index (χ1n) is 12.4. The molecule has 0 radical (unpaired) electrons. The van der Waals surface area contributed by atoms with Gasteiger partial charge >= 0.3 is 0 Å². The number of H-pyrrole nitrogens is 1. The van der Waals surface area contributed by atoms with Crippen LogP contribution in [0.2, 0.25) is 0 Å². The molecule has 1 saturated heterocycles. The first-order chi connectivity index (χ1) is 15.8. The van der Waals surface area contributed by atoms with Crippen molar-refractivity contribution in [3.05, 3.63) is 48.2 Å². The van der Waals surface area contributed by atoms with E-state index in [1.807, 2.05) is 6.20 Å². The van der Waals surface area contributed by atoms with Crippen molar-refractivity contribution in [2.24, 2.45) is 5.92 Å². The standard InChI is InChI=1S/C27H32N4O/c32-27(22-10-11-22)31-16-14-30(15-17-31)25-12-13-28-26-23(25)18-24(29-26)21-8-6-20(7-9-21)19-4-2-1-3-5-19/h6-9,12-13,18-19,22H,1-5,10-11,14-17H2,(H,28,29). The van der Waals surface area contributed by atoms with E-state index in [0.29, 0.717) is 11.8 Å². The highest BCUT2D eigenvalue weighted by Gasteiger charge is 2.34. The zero-order chi connectivity index (χ0) is 21.5. The number of hydrogen-bond acceptors (Lipinski definition) is 3. The molecule has 1 aromatic carbocycles. The molecule has 2 saturated carbocycles. The molecule has 3 heterocycles. The molecule has 3 aliphatic rings. The molecular formula is C27H32N4O. The summed E-state index contributed by atoms with van der Waals surface area (Å²) in [5, 5.41) is 1.17. The maximum Gasteiger partial charge on any atom is 0.225 e. The highest BCUT2D eigenvalue weighted by molar-refractivity contribution is 5.94. The summed E-state index contributed by atoms with van der Waals surface area (Å²) >= 11 is 0. The van der Waals surface area contributed by atoms with E-state index in [0.717, 1.165) is 56.3 Å². The average molecular weight is 429 g/mol. The minimum atomic E-state index is 0.311. The third-order valence-electron chi connectivity index (χ3n) is 7.67. The molecule has 5 heteroatoms. The molecule has 1 amide bonds. The van der Waals surface area contributed by atoms with E-state index in [2.05, 4.69) is 56.2 Å². The van der Waals surface area contributed by atoms with E-state index in [1.54, 1.807) is 0 Å². The third-order valence-corrected chi connectivity index (χ3v) is 7.67. The number of aromatic nitrogens is 2. The molecule has 3 aromatic rings.